The lowest BCUT2D eigenvalue weighted by molar-refractivity contribution is 0.0665. The number of amides is 1. The molecule has 2 rings (SSSR count). The monoisotopic (exact) mass is 219 g/mol. The summed E-state index contributed by atoms with van der Waals surface area (Å²) in [4.78, 5) is 17.6. The molecule has 5 heteroatoms. The Bertz CT molecular complexity index is 433. The highest BCUT2D eigenvalue weighted by molar-refractivity contribution is 5.92. The van der Waals surface area contributed by atoms with E-state index in [4.69, 9.17) is 9.68 Å². The molecular formula is C11H13N3O2. The number of oxazole rings is 1. The molecule has 1 unspecified atom stereocenters. The van der Waals surface area contributed by atoms with E-state index in [1.54, 1.807) is 11.8 Å². The largest absolute Gasteiger partial charge is 0.438 e. The fraction of sp³-hybridized carbons (Fsp3) is 0.545. The van der Waals surface area contributed by atoms with Crippen LogP contribution in [-0.2, 0) is 0 Å². The minimum absolute atomic E-state index is 0.0547. The normalized spacial score (nSPS) is 20.5. The molecule has 2 heterocycles. The molecule has 0 aromatic carbocycles. The van der Waals surface area contributed by atoms with Gasteiger partial charge in [-0.2, -0.15) is 5.26 Å². The maximum Gasteiger partial charge on any atom is 0.291 e. The minimum Gasteiger partial charge on any atom is -0.438 e. The van der Waals surface area contributed by atoms with Crippen molar-refractivity contribution < 1.29 is 9.21 Å². The van der Waals surface area contributed by atoms with E-state index in [1.807, 2.05) is 0 Å². The number of aromatic nitrogens is 1. The quantitative estimate of drug-likeness (QED) is 0.715. The molecule has 0 aliphatic carbocycles. The van der Waals surface area contributed by atoms with E-state index >= 15 is 0 Å². The van der Waals surface area contributed by atoms with Crippen LogP contribution in [0.3, 0.4) is 0 Å². The molecule has 1 atom stereocenters. The molecule has 0 radical (unpaired) electrons. The molecule has 1 aromatic heterocycles. The summed E-state index contributed by atoms with van der Waals surface area (Å²) in [6, 6.07) is 2.21. The predicted molar refractivity (Wildman–Crippen MR) is 55.5 cm³/mol. The van der Waals surface area contributed by atoms with E-state index in [0.29, 0.717) is 24.5 Å². The Balaban J connectivity index is 2.11. The van der Waals surface area contributed by atoms with E-state index in [0.717, 1.165) is 12.8 Å². The van der Waals surface area contributed by atoms with Gasteiger partial charge in [0.2, 0.25) is 5.76 Å². The summed E-state index contributed by atoms with van der Waals surface area (Å²) in [5, 5.41) is 8.85. The third-order valence-corrected chi connectivity index (χ3v) is 2.83. The van der Waals surface area contributed by atoms with Crippen molar-refractivity contribution in [2.45, 2.75) is 19.8 Å². The van der Waals surface area contributed by atoms with Crippen molar-refractivity contribution in [1.29, 1.82) is 5.26 Å². The third kappa shape index (κ3) is 1.91. The van der Waals surface area contributed by atoms with Crippen LogP contribution in [0.4, 0.5) is 0 Å². The summed E-state index contributed by atoms with van der Waals surface area (Å²) >= 11 is 0. The predicted octanol–water partition coefficient (Wildman–Crippen LogP) is 1.36. The van der Waals surface area contributed by atoms with Crippen molar-refractivity contribution in [2.24, 2.45) is 5.92 Å². The molecule has 0 saturated carbocycles. The zero-order valence-electron chi connectivity index (χ0n) is 9.14. The molecular weight excluding hydrogens is 206 g/mol. The molecule has 0 bridgehead atoms. The van der Waals surface area contributed by atoms with Gasteiger partial charge < -0.3 is 9.32 Å². The van der Waals surface area contributed by atoms with Gasteiger partial charge in [-0.15, -0.1) is 0 Å². The number of hydrogen-bond acceptors (Lipinski definition) is 4. The second-order valence-corrected chi connectivity index (χ2v) is 3.99. The molecule has 5 nitrogen and oxygen atoms in total. The standard InChI is InChI=1S/C11H13N3O2/c1-8-10(16-7-13-8)11(15)14-4-2-3-9(5-12)6-14/h7,9H,2-4,6H2,1H3. The number of carbonyl (C=O) groups is 1. The van der Waals surface area contributed by atoms with Crippen LogP contribution in [-0.4, -0.2) is 28.9 Å². The van der Waals surface area contributed by atoms with Gasteiger partial charge in [-0.05, 0) is 19.8 Å². The number of piperidine rings is 1. The van der Waals surface area contributed by atoms with Gasteiger partial charge in [-0.25, -0.2) is 4.98 Å². The molecule has 1 saturated heterocycles. The number of carbonyl (C=O) groups excluding carboxylic acids is 1. The van der Waals surface area contributed by atoms with E-state index in [2.05, 4.69) is 11.1 Å². The average molecular weight is 219 g/mol. The topological polar surface area (TPSA) is 70.1 Å². The second-order valence-electron chi connectivity index (χ2n) is 3.99. The van der Waals surface area contributed by atoms with Crippen molar-refractivity contribution >= 4 is 5.91 Å². The lowest BCUT2D eigenvalue weighted by Gasteiger charge is -2.28. The molecule has 16 heavy (non-hydrogen) atoms. The Morgan fingerprint density at radius 3 is 3.19 bits per heavy atom. The first-order chi connectivity index (χ1) is 7.72. The van der Waals surface area contributed by atoms with Gasteiger partial charge in [-0.1, -0.05) is 0 Å². The van der Waals surface area contributed by atoms with Gasteiger partial charge in [0.05, 0.1) is 17.7 Å². The van der Waals surface area contributed by atoms with Gasteiger partial charge >= 0.3 is 0 Å². The summed E-state index contributed by atoms with van der Waals surface area (Å²) < 4.78 is 5.06. The summed E-state index contributed by atoms with van der Waals surface area (Å²) in [5.74, 6) is 0.0782. The Hall–Kier alpha value is -1.83. The smallest absolute Gasteiger partial charge is 0.291 e. The molecule has 1 aromatic rings. The third-order valence-electron chi connectivity index (χ3n) is 2.83. The molecule has 1 aliphatic heterocycles. The maximum atomic E-state index is 12.0. The zero-order chi connectivity index (χ0) is 11.5. The average Bonchev–Trinajstić information content (AvgIpc) is 2.74. The number of hydrogen-bond donors (Lipinski definition) is 0. The fourth-order valence-electron chi connectivity index (χ4n) is 1.92. The first-order valence-electron chi connectivity index (χ1n) is 5.31. The number of nitriles is 1. The van der Waals surface area contributed by atoms with Gasteiger partial charge in [0.1, 0.15) is 0 Å². The Morgan fingerprint density at radius 2 is 2.56 bits per heavy atom. The summed E-state index contributed by atoms with van der Waals surface area (Å²) in [6.45, 7) is 2.93. The Morgan fingerprint density at radius 1 is 1.75 bits per heavy atom. The van der Waals surface area contributed by atoms with Gasteiger partial charge in [0.25, 0.3) is 5.91 Å². The first kappa shape index (κ1) is 10.7. The Labute approximate surface area is 93.7 Å². The van der Waals surface area contributed by atoms with Crippen LogP contribution in [0.25, 0.3) is 0 Å². The Kier molecular flexibility index (Phi) is 2.91. The highest BCUT2D eigenvalue weighted by Gasteiger charge is 2.27. The van der Waals surface area contributed by atoms with E-state index in [-0.39, 0.29) is 11.8 Å². The van der Waals surface area contributed by atoms with Crippen molar-refractivity contribution in [2.75, 3.05) is 13.1 Å². The zero-order valence-corrected chi connectivity index (χ0v) is 9.14. The molecule has 1 fully saturated rings. The lowest BCUT2D eigenvalue weighted by Crippen LogP contribution is -2.39. The minimum atomic E-state index is -0.157. The number of nitrogens with zero attached hydrogens (tertiary/aromatic N) is 3. The number of aryl methyl sites for hydroxylation is 1. The highest BCUT2D eigenvalue weighted by atomic mass is 16.3. The molecule has 1 amide bonds. The first-order valence-corrected chi connectivity index (χ1v) is 5.31. The van der Waals surface area contributed by atoms with Crippen LogP contribution in [0.1, 0.15) is 29.1 Å². The van der Waals surface area contributed by atoms with Crippen molar-refractivity contribution in [1.82, 2.24) is 9.88 Å². The molecule has 84 valence electrons. The molecule has 0 N–H and O–H groups in total. The maximum absolute atomic E-state index is 12.0. The number of rotatable bonds is 1. The van der Waals surface area contributed by atoms with Crippen LogP contribution in [0.5, 0.6) is 0 Å². The van der Waals surface area contributed by atoms with Gasteiger partial charge in [0.15, 0.2) is 6.39 Å². The van der Waals surface area contributed by atoms with Crippen LogP contribution in [0, 0.1) is 24.2 Å². The van der Waals surface area contributed by atoms with Crippen LogP contribution in [0.15, 0.2) is 10.8 Å². The highest BCUT2D eigenvalue weighted by Crippen LogP contribution is 2.18. The van der Waals surface area contributed by atoms with Crippen molar-refractivity contribution in [3.8, 4) is 6.07 Å². The SMILES string of the molecule is Cc1ncoc1C(=O)N1CCCC(C#N)C1. The lowest BCUT2D eigenvalue weighted by atomic mass is 9.99. The number of likely N-dealkylation sites (tertiary alicyclic amines) is 1. The van der Waals surface area contributed by atoms with Crippen molar-refractivity contribution in [3.63, 3.8) is 0 Å². The fourth-order valence-corrected chi connectivity index (χ4v) is 1.92. The molecule has 0 spiro atoms. The van der Waals surface area contributed by atoms with E-state index in [1.165, 1.54) is 6.39 Å². The van der Waals surface area contributed by atoms with Gasteiger partial charge in [-0.3, -0.25) is 4.79 Å². The van der Waals surface area contributed by atoms with Crippen molar-refractivity contribution in [3.05, 3.63) is 17.8 Å². The summed E-state index contributed by atoms with van der Waals surface area (Å²) in [7, 11) is 0. The second kappa shape index (κ2) is 4.35. The summed E-state index contributed by atoms with van der Waals surface area (Å²) in [6.07, 6.45) is 3.01. The van der Waals surface area contributed by atoms with Crippen LogP contribution in [0.2, 0.25) is 0 Å². The molecule has 1 aliphatic rings. The van der Waals surface area contributed by atoms with Gasteiger partial charge in [0, 0.05) is 13.1 Å². The van der Waals surface area contributed by atoms with Crippen LogP contribution < -0.4 is 0 Å². The van der Waals surface area contributed by atoms with Crippen LogP contribution >= 0.6 is 0 Å². The van der Waals surface area contributed by atoms with E-state index < -0.39 is 0 Å². The van der Waals surface area contributed by atoms with E-state index in [9.17, 15) is 4.79 Å². The summed E-state index contributed by atoms with van der Waals surface area (Å²) in [5.41, 5.74) is 0.601.